The second-order valence-corrected chi connectivity index (χ2v) is 6.21. The van der Waals surface area contributed by atoms with E-state index in [2.05, 4.69) is 0 Å². The van der Waals surface area contributed by atoms with Gasteiger partial charge >= 0.3 is 0 Å². The summed E-state index contributed by atoms with van der Waals surface area (Å²) in [5.41, 5.74) is 16.2. The summed E-state index contributed by atoms with van der Waals surface area (Å²) >= 11 is 0. The van der Waals surface area contributed by atoms with Gasteiger partial charge in [0.15, 0.2) is 23.0 Å². The predicted molar refractivity (Wildman–Crippen MR) is 107 cm³/mol. The maximum atomic E-state index is 5.82. The van der Waals surface area contributed by atoms with E-state index in [1.165, 1.54) is 0 Å². The zero-order chi connectivity index (χ0) is 19.8. The molecule has 0 radical (unpaired) electrons. The van der Waals surface area contributed by atoms with Gasteiger partial charge in [-0.15, -0.1) is 0 Å². The molecule has 0 unspecified atom stereocenters. The second kappa shape index (κ2) is 10.0. The third-order valence-electron chi connectivity index (χ3n) is 4.62. The van der Waals surface area contributed by atoms with Crippen LogP contribution >= 0.6 is 0 Å². The van der Waals surface area contributed by atoms with Gasteiger partial charge in [-0.25, -0.2) is 0 Å². The molecule has 2 rings (SSSR count). The maximum absolute atomic E-state index is 5.82. The number of hydrogen-bond donors (Lipinski definition) is 2. The molecule has 0 bridgehead atoms. The van der Waals surface area contributed by atoms with Gasteiger partial charge in [-0.1, -0.05) is 0 Å². The lowest BCUT2D eigenvalue weighted by Crippen LogP contribution is -2.09. The average Bonchev–Trinajstić information content (AvgIpc) is 2.69. The normalized spacial score (nSPS) is 10.6. The topological polar surface area (TPSA) is 89.0 Å². The first-order chi connectivity index (χ1) is 13.1. The average molecular weight is 374 g/mol. The standard InChI is InChI=1S/C21H30N2O4/c1-24-18-10-14(5-7-22)16(12-20(18)26-3)9-17-13-21(27-4)19(25-2)11-15(17)6-8-23/h10-13H,5-9,22-23H2,1-4H3. The fraction of sp³-hybridized carbons (Fsp3) is 0.429. The van der Waals surface area contributed by atoms with Crippen molar-refractivity contribution < 1.29 is 18.9 Å². The highest BCUT2D eigenvalue weighted by atomic mass is 16.5. The lowest BCUT2D eigenvalue weighted by Gasteiger charge is -2.18. The van der Waals surface area contributed by atoms with E-state index in [0.717, 1.165) is 35.1 Å². The lowest BCUT2D eigenvalue weighted by molar-refractivity contribution is 0.353. The molecule has 148 valence electrons. The Balaban J connectivity index is 2.53. The van der Waals surface area contributed by atoms with Crippen molar-refractivity contribution in [2.75, 3.05) is 41.5 Å². The zero-order valence-electron chi connectivity index (χ0n) is 16.6. The van der Waals surface area contributed by atoms with Crippen molar-refractivity contribution in [2.24, 2.45) is 11.5 Å². The van der Waals surface area contributed by atoms with Gasteiger partial charge in [-0.3, -0.25) is 0 Å². The molecule has 6 nitrogen and oxygen atoms in total. The Bertz CT molecular complexity index is 699. The van der Waals surface area contributed by atoms with E-state index >= 15 is 0 Å². The molecule has 0 fully saturated rings. The fourth-order valence-corrected chi connectivity index (χ4v) is 3.24. The quantitative estimate of drug-likeness (QED) is 0.663. The summed E-state index contributed by atoms with van der Waals surface area (Å²) < 4.78 is 21.8. The maximum Gasteiger partial charge on any atom is 0.161 e. The van der Waals surface area contributed by atoms with Crippen LogP contribution < -0.4 is 30.4 Å². The molecule has 0 aliphatic rings. The van der Waals surface area contributed by atoms with Crippen molar-refractivity contribution in [1.82, 2.24) is 0 Å². The van der Waals surface area contributed by atoms with Gasteiger partial charge in [0.2, 0.25) is 0 Å². The Morgan fingerprint density at radius 3 is 1.11 bits per heavy atom. The van der Waals surface area contributed by atoms with Crippen LogP contribution in [0.25, 0.3) is 0 Å². The van der Waals surface area contributed by atoms with E-state index < -0.39 is 0 Å². The van der Waals surface area contributed by atoms with Crippen molar-refractivity contribution in [3.8, 4) is 23.0 Å². The van der Waals surface area contributed by atoms with Gasteiger partial charge in [0.25, 0.3) is 0 Å². The molecule has 0 amide bonds. The summed E-state index contributed by atoms with van der Waals surface area (Å²) in [6.45, 7) is 1.12. The molecule has 2 aromatic rings. The van der Waals surface area contributed by atoms with E-state index in [9.17, 15) is 0 Å². The van der Waals surface area contributed by atoms with Crippen LogP contribution in [0.2, 0.25) is 0 Å². The number of nitrogens with two attached hydrogens (primary N) is 2. The van der Waals surface area contributed by atoms with Gasteiger partial charge in [-0.2, -0.15) is 0 Å². The van der Waals surface area contributed by atoms with Crippen molar-refractivity contribution in [2.45, 2.75) is 19.3 Å². The SMILES string of the molecule is COc1cc(CCN)c(Cc2cc(OC)c(OC)cc2CCN)cc1OC. The van der Waals surface area contributed by atoms with E-state index in [0.29, 0.717) is 42.5 Å². The highest BCUT2D eigenvalue weighted by Gasteiger charge is 2.15. The van der Waals surface area contributed by atoms with Crippen LogP contribution in [0.4, 0.5) is 0 Å². The molecule has 2 aromatic carbocycles. The smallest absolute Gasteiger partial charge is 0.161 e. The number of benzene rings is 2. The van der Waals surface area contributed by atoms with Crippen LogP contribution in [0.15, 0.2) is 24.3 Å². The molecule has 6 heteroatoms. The predicted octanol–water partition coefficient (Wildman–Crippen LogP) is 2.31. The molecule has 0 spiro atoms. The molecular weight excluding hydrogens is 344 g/mol. The summed E-state index contributed by atoms with van der Waals surface area (Å²) in [7, 11) is 6.55. The summed E-state index contributed by atoms with van der Waals surface area (Å²) in [6.07, 6.45) is 2.23. The zero-order valence-corrected chi connectivity index (χ0v) is 16.6. The summed E-state index contributed by atoms with van der Waals surface area (Å²) in [4.78, 5) is 0. The minimum atomic E-state index is 0.560. The molecule has 0 heterocycles. The molecular formula is C21H30N2O4. The van der Waals surface area contributed by atoms with Crippen LogP contribution in [0.5, 0.6) is 23.0 Å². The highest BCUT2D eigenvalue weighted by Crippen LogP contribution is 2.35. The molecule has 0 aromatic heterocycles. The third kappa shape index (κ3) is 4.84. The minimum Gasteiger partial charge on any atom is -0.493 e. The van der Waals surface area contributed by atoms with Crippen molar-refractivity contribution in [3.05, 3.63) is 46.5 Å². The first-order valence-corrected chi connectivity index (χ1v) is 8.99. The first-order valence-electron chi connectivity index (χ1n) is 8.99. The van der Waals surface area contributed by atoms with Gasteiger partial charge in [-0.05, 0) is 78.9 Å². The van der Waals surface area contributed by atoms with E-state index in [1.54, 1.807) is 28.4 Å². The summed E-state index contributed by atoms with van der Waals surface area (Å²) in [5, 5.41) is 0. The Labute approximate surface area is 161 Å². The summed E-state index contributed by atoms with van der Waals surface area (Å²) in [6, 6.07) is 8.05. The van der Waals surface area contributed by atoms with E-state index in [1.807, 2.05) is 24.3 Å². The van der Waals surface area contributed by atoms with Crippen molar-refractivity contribution >= 4 is 0 Å². The molecule has 0 aliphatic heterocycles. The third-order valence-corrected chi connectivity index (χ3v) is 4.62. The molecule has 27 heavy (non-hydrogen) atoms. The number of hydrogen-bond acceptors (Lipinski definition) is 6. The summed E-state index contributed by atoms with van der Waals surface area (Å²) in [5.74, 6) is 2.82. The Kier molecular flexibility index (Phi) is 7.76. The molecule has 0 aliphatic carbocycles. The number of rotatable bonds is 10. The van der Waals surface area contributed by atoms with Crippen molar-refractivity contribution in [3.63, 3.8) is 0 Å². The Hall–Kier alpha value is -2.44. The van der Waals surface area contributed by atoms with E-state index in [4.69, 9.17) is 30.4 Å². The van der Waals surface area contributed by atoms with Crippen LogP contribution in [0.1, 0.15) is 22.3 Å². The minimum absolute atomic E-state index is 0.560. The van der Waals surface area contributed by atoms with Gasteiger partial charge in [0, 0.05) is 0 Å². The van der Waals surface area contributed by atoms with Crippen LogP contribution in [-0.2, 0) is 19.3 Å². The molecule has 4 N–H and O–H groups in total. The van der Waals surface area contributed by atoms with Crippen LogP contribution in [0.3, 0.4) is 0 Å². The fourth-order valence-electron chi connectivity index (χ4n) is 3.24. The first kappa shape index (κ1) is 20.9. The second-order valence-electron chi connectivity index (χ2n) is 6.21. The monoisotopic (exact) mass is 374 g/mol. The molecule has 0 saturated heterocycles. The van der Waals surface area contributed by atoms with Gasteiger partial charge in [0.05, 0.1) is 28.4 Å². The number of methoxy groups -OCH3 is 4. The molecule has 0 atom stereocenters. The van der Waals surface area contributed by atoms with Gasteiger partial charge in [0.1, 0.15) is 0 Å². The Morgan fingerprint density at radius 2 is 0.852 bits per heavy atom. The number of ether oxygens (including phenoxy) is 4. The van der Waals surface area contributed by atoms with E-state index in [-0.39, 0.29) is 0 Å². The van der Waals surface area contributed by atoms with Crippen LogP contribution in [-0.4, -0.2) is 41.5 Å². The molecule has 0 saturated carbocycles. The lowest BCUT2D eigenvalue weighted by atomic mass is 9.93. The van der Waals surface area contributed by atoms with Gasteiger partial charge < -0.3 is 30.4 Å². The largest absolute Gasteiger partial charge is 0.493 e. The van der Waals surface area contributed by atoms with Crippen molar-refractivity contribution in [1.29, 1.82) is 0 Å². The highest BCUT2D eigenvalue weighted by molar-refractivity contribution is 5.52. The van der Waals surface area contributed by atoms with Crippen LogP contribution in [0, 0.1) is 0 Å². The Morgan fingerprint density at radius 1 is 0.556 bits per heavy atom.